The van der Waals surface area contributed by atoms with Gasteiger partial charge in [-0.15, -0.1) is 0 Å². The molecular formula is C21H21N3O. The molecule has 126 valence electrons. The molecule has 4 rings (SSSR count). The van der Waals surface area contributed by atoms with E-state index in [4.69, 9.17) is 0 Å². The number of rotatable bonds is 4. The van der Waals surface area contributed by atoms with Crippen molar-refractivity contribution >= 4 is 27.5 Å². The molecule has 2 aromatic heterocycles. The molecule has 1 N–H and O–H groups in total. The standard InChI is InChI=1S/C21H21N3O/c1-3-9-19-21-17(16-12-7-8-13-18(16)23(21)2)14-20(25)24(19)22-15-10-5-4-6-11-15/h4-8,10-14,22H,3,9H2,1-2H3. The SMILES string of the molecule is CCCc1c2c(cc(=O)n1Nc1ccccc1)c1ccccc1n2C. The Labute approximate surface area is 146 Å². The topological polar surface area (TPSA) is 39.0 Å². The van der Waals surface area contributed by atoms with Gasteiger partial charge in [-0.25, -0.2) is 4.68 Å². The molecule has 0 saturated carbocycles. The summed E-state index contributed by atoms with van der Waals surface area (Å²) in [7, 11) is 2.07. The molecule has 0 aliphatic rings. The number of benzene rings is 2. The molecule has 0 unspecified atom stereocenters. The zero-order valence-corrected chi connectivity index (χ0v) is 14.5. The Morgan fingerprint density at radius 2 is 1.68 bits per heavy atom. The van der Waals surface area contributed by atoms with Gasteiger partial charge in [-0.1, -0.05) is 49.7 Å². The van der Waals surface area contributed by atoms with Crippen LogP contribution in [-0.2, 0) is 13.5 Å². The third kappa shape index (κ3) is 2.50. The number of pyridine rings is 1. The monoisotopic (exact) mass is 331 g/mol. The van der Waals surface area contributed by atoms with Crippen LogP contribution in [0.1, 0.15) is 19.0 Å². The fraction of sp³-hybridized carbons (Fsp3) is 0.190. The quantitative estimate of drug-likeness (QED) is 0.605. The molecule has 4 heteroatoms. The van der Waals surface area contributed by atoms with Gasteiger partial charge in [0.1, 0.15) is 0 Å². The van der Waals surface area contributed by atoms with Gasteiger partial charge in [0.25, 0.3) is 5.56 Å². The van der Waals surface area contributed by atoms with E-state index in [9.17, 15) is 4.79 Å². The van der Waals surface area contributed by atoms with Crippen LogP contribution in [0, 0.1) is 0 Å². The molecule has 4 aromatic rings. The van der Waals surface area contributed by atoms with Crippen LogP contribution >= 0.6 is 0 Å². The second-order valence-corrected chi connectivity index (χ2v) is 6.33. The van der Waals surface area contributed by atoms with E-state index in [1.54, 1.807) is 10.7 Å². The average Bonchev–Trinajstić information content (AvgIpc) is 2.91. The molecule has 2 heterocycles. The van der Waals surface area contributed by atoms with Gasteiger partial charge >= 0.3 is 0 Å². The second kappa shape index (κ2) is 6.13. The molecule has 0 fully saturated rings. The van der Waals surface area contributed by atoms with Crippen molar-refractivity contribution in [1.82, 2.24) is 9.24 Å². The summed E-state index contributed by atoms with van der Waals surface area (Å²) in [6.45, 7) is 2.14. The Balaban J connectivity index is 2.04. The van der Waals surface area contributed by atoms with Gasteiger partial charge in [-0.3, -0.25) is 10.2 Å². The van der Waals surface area contributed by atoms with E-state index in [-0.39, 0.29) is 5.56 Å². The fourth-order valence-corrected chi connectivity index (χ4v) is 3.58. The number of hydrogen-bond donors (Lipinski definition) is 1. The number of aromatic nitrogens is 2. The van der Waals surface area contributed by atoms with Crippen LogP contribution in [0.4, 0.5) is 5.69 Å². The maximum Gasteiger partial charge on any atom is 0.270 e. The first-order valence-electron chi connectivity index (χ1n) is 8.65. The Morgan fingerprint density at radius 3 is 2.44 bits per heavy atom. The first-order valence-corrected chi connectivity index (χ1v) is 8.65. The molecular weight excluding hydrogens is 310 g/mol. The molecule has 2 aromatic carbocycles. The number of nitrogens with one attached hydrogen (secondary N) is 1. The van der Waals surface area contributed by atoms with Crippen LogP contribution in [0.15, 0.2) is 65.5 Å². The molecule has 25 heavy (non-hydrogen) atoms. The van der Waals surface area contributed by atoms with Crippen molar-refractivity contribution < 1.29 is 0 Å². The number of fused-ring (bicyclic) bond motifs is 3. The molecule has 0 atom stereocenters. The molecule has 0 saturated heterocycles. The van der Waals surface area contributed by atoms with Crippen LogP contribution in [-0.4, -0.2) is 9.24 Å². The Morgan fingerprint density at radius 1 is 0.960 bits per heavy atom. The summed E-state index contributed by atoms with van der Waals surface area (Å²) >= 11 is 0. The normalized spacial score (nSPS) is 11.3. The van der Waals surface area contributed by atoms with Crippen molar-refractivity contribution in [3.63, 3.8) is 0 Å². The maximum atomic E-state index is 12.9. The lowest BCUT2D eigenvalue weighted by Crippen LogP contribution is -2.29. The predicted octanol–water partition coefficient (Wildman–Crippen LogP) is 4.32. The van der Waals surface area contributed by atoms with Gasteiger partial charge in [0.05, 0.1) is 16.9 Å². The zero-order chi connectivity index (χ0) is 17.4. The summed E-state index contributed by atoms with van der Waals surface area (Å²) in [6, 6.07) is 19.8. The Hall–Kier alpha value is -3.01. The molecule has 4 nitrogen and oxygen atoms in total. The molecule has 0 amide bonds. The highest BCUT2D eigenvalue weighted by atomic mass is 16.1. The smallest absolute Gasteiger partial charge is 0.270 e. The van der Waals surface area contributed by atoms with E-state index in [0.717, 1.165) is 46.0 Å². The highest BCUT2D eigenvalue weighted by Crippen LogP contribution is 2.29. The van der Waals surface area contributed by atoms with Crippen LogP contribution < -0.4 is 11.0 Å². The summed E-state index contributed by atoms with van der Waals surface area (Å²) in [4.78, 5) is 12.9. The molecule has 0 bridgehead atoms. The minimum atomic E-state index is -0.0313. The van der Waals surface area contributed by atoms with Crippen molar-refractivity contribution in [2.75, 3.05) is 5.43 Å². The van der Waals surface area contributed by atoms with Crippen LogP contribution in [0.3, 0.4) is 0 Å². The summed E-state index contributed by atoms with van der Waals surface area (Å²) in [5.74, 6) is 0. The number of hydrogen-bond acceptors (Lipinski definition) is 2. The molecule has 0 radical (unpaired) electrons. The van der Waals surface area contributed by atoms with Crippen LogP contribution in [0.25, 0.3) is 21.8 Å². The zero-order valence-electron chi connectivity index (χ0n) is 14.5. The molecule has 0 spiro atoms. The third-order valence-corrected chi connectivity index (χ3v) is 4.68. The second-order valence-electron chi connectivity index (χ2n) is 6.33. The van der Waals surface area contributed by atoms with Crippen molar-refractivity contribution in [3.8, 4) is 0 Å². The maximum absolute atomic E-state index is 12.9. The van der Waals surface area contributed by atoms with Crippen molar-refractivity contribution in [1.29, 1.82) is 0 Å². The van der Waals surface area contributed by atoms with Crippen molar-refractivity contribution in [2.24, 2.45) is 7.05 Å². The lowest BCUT2D eigenvalue weighted by molar-refractivity contribution is 0.772. The van der Waals surface area contributed by atoms with E-state index in [1.807, 2.05) is 42.5 Å². The van der Waals surface area contributed by atoms with Crippen molar-refractivity contribution in [3.05, 3.63) is 76.7 Å². The van der Waals surface area contributed by atoms with E-state index in [0.29, 0.717) is 0 Å². The van der Waals surface area contributed by atoms with Gasteiger partial charge in [-0.05, 0) is 24.6 Å². The lowest BCUT2D eigenvalue weighted by Gasteiger charge is -2.16. The highest BCUT2D eigenvalue weighted by Gasteiger charge is 2.16. The number of aryl methyl sites for hydroxylation is 2. The van der Waals surface area contributed by atoms with E-state index in [1.165, 1.54) is 0 Å². The number of para-hydroxylation sites is 2. The van der Waals surface area contributed by atoms with E-state index in [2.05, 4.69) is 36.1 Å². The van der Waals surface area contributed by atoms with Crippen LogP contribution in [0.5, 0.6) is 0 Å². The van der Waals surface area contributed by atoms with Crippen LogP contribution in [0.2, 0.25) is 0 Å². The van der Waals surface area contributed by atoms with Gasteiger partial charge in [-0.2, -0.15) is 0 Å². The molecule has 0 aliphatic carbocycles. The van der Waals surface area contributed by atoms with Gasteiger partial charge in [0, 0.05) is 29.4 Å². The van der Waals surface area contributed by atoms with E-state index >= 15 is 0 Å². The van der Waals surface area contributed by atoms with Gasteiger partial charge in [0.15, 0.2) is 0 Å². The minimum absolute atomic E-state index is 0.0313. The fourth-order valence-electron chi connectivity index (χ4n) is 3.58. The van der Waals surface area contributed by atoms with E-state index < -0.39 is 0 Å². The third-order valence-electron chi connectivity index (χ3n) is 4.68. The lowest BCUT2D eigenvalue weighted by atomic mass is 10.1. The Kier molecular flexibility index (Phi) is 3.80. The minimum Gasteiger partial charge on any atom is -0.342 e. The first-order chi connectivity index (χ1) is 12.2. The highest BCUT2D eigenvalue weighted by molar-refractivity contribution is 6.08. The average molecular weight is 331 g/mol. The summed E-state index contributed by atoms with van der Waals surface area (Å²) < 4.78 is 3.89. The van der Waals surface area contributed by atoms with Crippen molar-refractivity contribution in [2.45, 2.75) is 19.8 Å². The van der Waals surface area contributed by atoms with Gasteiger partial charge < -0.3 is 4.57 Å². The Bertz CT molecular complexity index is 1110. The predicted molar refractivity (Wildman–Crippen MR) is 104 cm³/mol. The largest absolute Gasteiger partial charge is 0.342 e. The summed E-state index contributed by atoms with van der Waals surface area (Å²) in [5.41, 5.74) is 7.43. The first kappa shape index (κ1) is 15.5. The summed E-state index contributed by atoms with van der Waals surface area (Å²) in [6.07, 6.45) is 1.80. The summed E-state index contributed by atoms with van der Waals surface area (Å²) in [5, 5.41) is 2.15. The molecule has 0 aliphatic heterocycles. The number of nitrogens with zero attached hydrogens (tertiary/aromatic N) is 2. The number of anilines is 1. The van der Waals surface area contributed by atoms with Gasteiger partial charge in [0.2, 0.25) is 0 Å².